The fourth-order valence-electron chi connectivity index (χ4n) is 1.91. The minimum absolute atomic E-state index is 0.246. The highest BCUT2D eigenvalue weighted by Gasteiger charge is 2.14. The van der Waals surface area contributed by atoms with Gasteiger partial charge in [-0.1, -0.05) is 32.0 Å². The maximum atomic E-state index is 12.1. The van der Waals surface area contributed by atoms with Crippen molar-refractivity contribution in [3.63, 3.8) is 0 Å². The van der Waals surface area contributed by atoms with Crippen molar-refractivity contribution < 1.29 is 13.9 Å². The predicted molar refractivity (Wildman–Crippen MR) is 75.7 cm³/mol. The smallest absolute Gasteiger partial charge is 0.277 e. The summed E-state index contributed by atoms with van der Waals surface area (Å²) in [6.07, 6.45) is 1.33. The maximum absolute atomic E-state index is 12.1. The largest absolute Gasteiger partial charge is 0.446 e. The molecule has 1 heterocycles. The average Bonchev–Trinajstić information content (AvgIpc) is 2.88. The third-order valence-electron chi connectivity index (χ3n) is 2.88. The fourth-order valence-corrected chi connectivity index (χ4v) is 1.91. The summed E-state index contributed by atoms with van der Waals surface area (Å²) in [6.45, 7) is 4.41. The van der Waals surface area contributed by atoms with E-state index in [1.807, 2.05) is 24.3 Å². The number of oxazole rings is 1. The summed E-state index contributed by atoms with van der Waals surface area (Å²) in [5.41, 5.74) is 2.13. The Bertz CT molecular complexity index is 590. The van der Waals surface area contributed by atoms with Crippen LogP contribution >= 0.6 is 0 Å². The summed E-state index contributed by atoms with van der Waals surface area (Å²) in [7, 11) is 1.54. The number of hydrogen-bond donors (Lipinski definition) is 1. The topological polar surface area (TPSA) is 64.4 Å². The van der Waals surface area contributed by atoms with Gasteiger partial charge < -0.3 is 14.5 Å². The second-order valence-electron chi connectivity index (χ2n) is 4.76. The van der Waals surface area contributed by atoms with Crippen molar-refractivity contribution in [1.29, 1.82) is 0 Å². The van der Waals surface area contributed by atoms with Crippen molar-refractivity contribution in [1.82, 2.24) is 4.98 Å². The SMILES string of the molecule is COCc1nc(C(=O)Nc2ccccc2C(C)C)co1. The van der Waals surface area contributed by atoms with E-state index in [0.717, 1.165) is 11.3 Å². The highest BCUT2D eigenvalue weighted by Crippen LogP contribution is 2.24. The zero-order chi connectivity index (χ0) is 14.5. The molecule has 5 heteroatoms. The van der Waals surface area contributed by atoms with Crippen molar-refractivity contribution >= 4 is 11.6 Å². The molecule has 0 radical (unpaired) electrons. The first-order valence-electron chi connectivity index (χ1n) is 6.45. The van der Waals surface area contributed by atoms with Crippen LogP contribution in [0.1, 0.15) is 41.7 Å². The summed E-state index contributed by atoms with van der Waals surface area (Å²) in [6, 6.07) is 7.72. The summed E-state index contributed by atoms with van der Waals surface area (Å²) in [5.74, 6) is 0.423. The van der Waals surface area contributed by atoms with Gasteiger partial charge in [-0.2, -0.15) is 0 Å². The van der Waals surface area contributed by atoms with Crippen LogP contribution in [0.2, 0.25) is 0 Å². The molecule has 0 saturated carbocycles. The van der Waals surface area contributed by atoms with E-state index in [9.17, 15) is 4.79 Å². The minimum atomic E-state index is -0.288. The normalized spacial score (nSPS) is 10.8. The number of amides is 1. The molecule has 5 nitrogen and oxygen atoms in total. The zero-order valence-electron chi connectivity index (χ0n) is 11.8. The average molecular weight is 274 g/mol. The second-order valence-corrected chi connectivity index (χ2v) is 4.76. The van der Waals surface area contributed by atoms with E-state index in [1.165, 1.54) is 6.26 Å². The number of para-hydroxylation sites is 1. The summed E-state index contributed by atoms with van der Waals surface area (Å²) < 4.78 is 10.0. The van der Waals surface area contributed by atoms with Crippen molar-refractivity contribution in [2.45, 2.75) is 26.4 Å². The number of nitrogens with zero attached hydrogens (tertiary/aromatic N) is 1. The third-order valence-corrected chi connectivity index (χ3v) is 2.88. The molecular weight excluding hydrogens is 256 g/mol. The zero-order valence-corrected chi connectivity index (χ0v) is 11.8. The Balaban J connectivity index is 2.15. The molecule has 0 aliphatic rings. The Morgan fingerprint density at radius 2 is 2.15 bits per heavy atom. The molecule has 2 aromatic rings. The van der Waals surface area contributed by atoms with Gasteiger partial charge in [0.15, 0.2) is 5.69 Å². The molecule has 0 unspecified atom stereocenters. The van der Waals surface area contributed by atoms with Gasteiger partial charge in [-0.3, -0.25) is 4.79 Å². The second kappa shape index (κ2) is 6.34. The monoisotopic (exact) mass is 274 g/mol. The van der Waals surface area contributed by atoms with Crippen LogP contribution in [0.4, 0.5) is 5.69 Å². The molecule has 20 heavy (non-hydrogen) atoms. The highest BCUT2D eigenvalue weighted by molar-refractivity contribution is 6.03. The van der Waals surface area contributed by atoms with Crippen LogP contribution in [0, 0.1) is 0 Å². The first-order chi connectivity index (χ1) is 9.61. The van der Waals surface area contributed by atoms with Crippen LogP contribution < -0.4 is 5.32 Å². The molecule has 0 saturated heterocycles. The van der Waals surface area contributed by atoms with Gasteiger partial charge in [0.1, 0.15) is 12.9 Å². The summed E-state index contributed by atoms with van der Waals surface area (Å²) in [5, 5.41) is 2.86. The van der Waals surface area contributed by atoms with Gasteiger partial charge in [0.2, 0.25) is 5.89 Å². The number of carbonyl (C=O) groups excluding carboxylic acids is 1. The standard InChI is InChI=1S/C15H18N2O3/c1-10(2)11-6-4-5-7-12(11)17-15(18)13-8-20-14(16-13)9-19-3/h4-8,10H,9H2,1-3H3,(H,17,18). The first kappa shape index (κ1) is 14.3. The van der Waals surface area contributed by atoms with E-state index in [2.05, 4.69) is 24.1 Å². The maximum Gasteiger partial charge on any atom is 0.277 e. The minimum Gasteiger partial charge on any atom is -0.446 e. The van der Waals surface area contributed by atoms with Crippen LogP contribution in [0.3, 0.4) is 0 Å². The number of methoxy groups -OCH3 is 1. The van der Waals surface area contributed by atoms with Crippen LogP contribution in [-0.2, 0) is 11.3 Å². The van der Waals surface area contributed by atoms with E-state index in [0.29, 0.717) is 11.8 Å². The highest BCUT2D eigenvalue weighted by atomic mass is 16.5. The van der Waals surface area contributed by atoms with Gasteiger partial charge >= 0.3 is 0 Å². The molecule has 0 aliphatic heterocycles. The predicted octanol–water partition coefficient (Wildman–Crippen LogP) is 3.20. The Morgan fingerprint density at radius 3 is 2.85 bits per heavy atom. The van der Waals surface area contributed by atoms with Crippen molar-refractivity contribution in [2.75, 3.05) is 12.4 Å². The van der Waals surface area contributed by atoms with Gasteiger partial charge in [-0.25, -0.2) is 4.98 Å². The number of carbonyl (C=O) groups is 1. The van der Waals surface area contributed by atoms with Crippen molar-refractivity contribution in [3.8, 4) is 0 Å². The van der Waals surface area contributed by atoms with Gasteiger partial charge in [0.25, 0.3) is 5.91 Å². The van der Waals surface area contributed by atoms with E-state index in [4.69, 9.17) is 9.15 Å². The van der Waals surface area contributed by atoms with Crippen LogP contribution in [0.25, 0.3) is 0 Å². The van der Waals surface area contributed by atoms with Crippen molar-refractivity contribution in [2.24, 2.45) is 0 Å². The molecule has 106 valence electrons. The van der Waals surface area contributed by atoms with Gasteiger partial charge in [-0.05, 0) is 17.5 Å². The Labute approximate surface area is 118 Å². The molecule has 0 spiro atoms. The lowest BCUT2D eigenvalue weighted by atomic mass is 10.0. The fraction of sp³-hybridized carbons (Fsp3) is 0.333. The Hall–Kier alpha value is -2.14. The number of ether oxygens (including phenoxy) is 1. The summed E-state index contributed by atoms with van der Waals surface area (Å²) in [4.78, 5) is 16.2. The Kier molecular flexibility index (Phi) is 4.53. The van der Waals surface area contributed by atoms with Crippen LogP contribution in [0.5, 0.6) is 0 Å². The van der Waals surface area contributed by atoms with Crippen LogP contribution in [-0.4, -0.2) is 18.0 Å². The molecule has 2 rings (SSSR count). The number of aromatic nitrogens is 1. The lowest BCUT2D eigenvalue weighted by molar-refractivity contribution is 0.102. The summed E-state index contributed by atoms with van der Waals surface area (Å²) >= 11 is 0. The van der Waals surface area contributed by atoms with Crippen LogP contribution in [0.15, 0.2) is 34.9 Å². The molecule has 0 fully saturated rings. The molecule has 1 amide bonds. The number of nitrogens with one attached hydrogen (secondary N) is 1. The molecule has 1 aromatic carbocycles. The number of hydrogen-bond acceptors (Lipinski definition) is 4. The number of benzene rings is 1. The first-order valence-corrected chi connectivity index (χ1v) is 6.45. The quantitative estimate of drug-likeness (QED) is 0.909. The molecule has 0 aliphatic carbocycles. The number of rotatable bonds is 5. The van der Waals surface area contributed by atoms with Gasteiger partial charge in [0.05, 0.1) is 0 Å². The Morgan fingerprint density at radius 1 is 1.40 bits per heavy atom. The number of anilines is 1. The lowest BCUT2D eigenvalue weighted by Gasteiger charge is -2.12. The molecule has 0 bridgehead atoms. The van der Waals surface area contributed by atoms with E-state index < -0.39 is 0 Å². The molecule has 0 atom stereocenters. The van der Waals surface area contributed by atoms with Gasteiger partial charge in [-0.15, -0.1) is 0 Å². The molecule has 1 N–H and O–H groups in total. The third kappa shape index (κ3) is 3.24. The molecule has 1 aromatic heterocycles. The van der Waals surface area contributed by atoms with Crippen molar-refractivity contribution in [3.05, 3.63) is 47.7 Å². The van der Waals surface area contributed by atoms with E-state index in [-0.39, 0.29) is 18.2 Å². The lowest BCUT2D eigenvalue weighted by Crippen LogP contribution is -2.14. The van der Waals surface area contributed by atoms with E-state index in [1.54, 1.807) is 7.11 Å². The van der Waals surface area contributed by atoms with E-state index >= 15 is 0 Å². The van der Waals surface area contributed by atoms with Gasteiger partial charge in [0, 0.05) is 12.8 Å². The molecular formula is C15H18N2O3.